The van der Waals surface area contributed by atoms with Crippen LogP contribution in [-0.4, -0.2) is 171 Å². The number of carbonyl (C=O) groups is 4. The number of nitrogens with zero attached hydrogens (tertiary/aromatic N) is 2. The van der Waals surface area contributed by atoms with Gasteiger partial charge in [-0.05, 0) is 56.7 Å². The van der Waals surface area contributed by atoms with Gasteiger partial charge in [-0.3, -0.25) is 24.0 Å². The van der Waals surface area contributed by atoms with E-state index in [1.165, 1.54) is 9.96 Å². The van der Waals surface area contributed by atoms with Crippen LogP contribution in [0.3, 0.4) is 0 Å². The SMILES string of the molecule is CCCCCC1(CCCCC)O[C@@H]2[C@H](O1)[C@H]1ON(Cc3ccccc3C=CCO[C@H]3O[C@H](CO)[C@H](O)[C@H](O)[C@H]3O)[C@@H]3C(=O)O[C@@H]2C[C@]13C(=O)N(C)[C@H](Cc1ccccc1)C(=O)N[C@H](CO)CCC(=O)OC(C)(C)C. The summed E-state index contributed by atoms with van der Waals surface area (Å²) in [7, 11) is 1.54. The molecule has 5 fully saturated rings. The maximum absolute atomic E-state index is 16.0. The summed E-state index contributed by atoms with van der Waals surface area (Å²) >= 11 is 0. The lowest BCUT2D eigenvalue weighted by atomic mass is 9.62. The molecule has 2 amide bonds. The topological polar surface area (TPSA) is 253 Å². The minimum Gasteiger partial charge on any atom is -0.460 e. The molecule has 0 unspecified atom stereocenters. The molecule has 2 bridgehead atoms. The van der Waals surface area contributed by atoms with Gasteiger partial charge in [-0.2, -0.15) is 5.06 Å². The second kappa shape index (κ2) is 25.2. The minimum atomic E-state index is -1.64. The van der Waals surface area contributed by atoms with Crippen LogP contribution in [0.2, 0.25) is 0 Å². The number of rotatable bonds is 25. The Labute approximate surface area is 434 Å². The van der Waals surface area contributed by atoms with Crippen molar-refractivity contribution in [1.82, 2.24) is 15.3 Å². The van der Waals surface area contributed by atoms with Gasteiger partial charge in [0.2, 0.25) is 11.8 Å². The lowest BCUT2D eigenvalue weighted by Gasteiger charge is -2.50. The maximum Gasteiger partial charge on any atom is 0.327 e. The quantitative estimate of drug-likeness (QED) is 0.0614. The number of nitrogens with one attached hydrogen (secondary N) is 1. The summed E-state index contributed by atoms with van der Waals surface area (Å²) < 4.78 is 37.1. The molecule has 4 saturated heterocycles. The number of fused-ring (bicyclic) bond motifs is 4. The van der Waals surface area contributed by atoms with Gasteiger partial charge in [-0.15, -0.1) is 0 Å². The third kappa shape index (κ3) is 12.9. The number of ether oxygens (including phenoxy) is 6. The Kier molecular flexibility index (Phi) is 19.5. The number of hydroxylamine groups is 2. The first-order valence-electron chi connectivity index (χ1n) is 26.5. The van der Waals surface area contributed by atoms with Crippen LogP contribution in [-0.2, 0) is 65.4 Å². The monoisotopic (exact) mass is 1040 g/mol. The predicted octanol–water partition coefficient (Wildman–Crippen LogP) is 3.63. The third-order valence-electron chi connectivity index (χ3n) is 14.9. The van der Waals surface area contributed by atoms with Crippen LogP contribution in [0.4, 0.5) is 0 Å². The molecule has 2 aromatic carbocycles. The van der Waals surface area contributed by atoms with Crippen molar-refractivity contribution in [3.63, 3.8) is 0 Å². The fourth-order valence-electron chi connectivity index (χ4n) is 11.1. The molecule has 7 rings (SSSR count). The standard InChI is InChI=1S/C55H79N3O16/c1-7-9-16-26-54(27-17-10-8-2)72-45-39-30-55(52(67)57(6)38(29-34-19-12-11-13-20-34)49(65)56-37(32-59)24-25-41(61)71-53(3,4)5)47(50(66)69-39)58(74-48(55)46(45)73-54)31-36-22-15-14-21-35(36)23-18-28-68-51-44(64)43(63)42(62)40(33-60)70-51/h11-15,18-23,37-40,42-48,51,59-60,62-64H,7-10,16-17,24-33H2,1-6H3,(H,56,65)/t37-,38+,39+,40+,42-,43-,44+,45-,46-,47+,48+,51-,55+/m0/s1. The molecule has 1 saturated carbocycles. The van der Waals surface area contributed by atoms with Gasteiger partial charge in [0.1, 0.15) is 65.9 Å². The first-order chi connectivity index (χ1) is 35.4. The van der Waals surface area contributed by atoms with E-state index < -0.39 is 127 Å². The molecular weight excluding hydrogens is 959 g/mol. The Hall–Kier alpha value is -4.38. The number of hydrogen-bond donors (Lipinski definition) is 6. The van der Waals surface area contributed by atoms with Gasteiger partial charge in [0.25, 0.3) is 0 Å². The van der Waals surface area contributed by atoms with E-state index in [0.717, 1.165) is 44.1 Å². The highest BCUT2D eigenvalue weighted by Crippen LogP contribution is 2.59. The summed E-state index contributed by atoms with van der Waals surface area (Å²) in [6.45, 7) is 8.34. The Bertz CT molecular complexity index is 2210. The normalized spacial score (nSPS) is 30.1. The molecule has 19 nitrogen and oxygen atoms in total. The van der Waals surface area contributed by atoms with Crippen LogP contribution in [0.1, 0.15) is 122 Å². The predicted molar refractivity (Wildman–Crippen MR) is 268 cm³/mol. The Morgan fingerprint density at radius 1 is 0.919 bits per heavy atom. The fraction of sp³-hybridized carbons (Fsp3) is 0.673. The average Bonchev–Trinajstić information content (AvgIpc) is 3.94. The molecule has 6 N–H and O–H groups in total. The molecule has 410 valence electrons. The maximum atomic E-state index is 16.0. The number of carbonyl (C=O) groups excluding carboxylic acids is 4. The fourth-order valence-corrected chi connectivity index (χ4v) is 11.1. The molecule has 1 aliphatic carbocycles. The van der Waals surface area contributed by atoms with Gasteiger partial charge in [0, 0.05) is 39.2 Å². The zero-order valence-corrected chi connectivity index (χ0v) is 43.7. The number of esters is 2. The van der Waals surface area contributed by atoms with E-state index in [0.29, 0.717) is 24.0 Å². The lowest BCUT2D eigenvalue weighted by Crippen LogP contribution is -2.70. The van der Waals surface area contributed by atoms with E-state index in [1.54, 1.807) is 40.0 Å². The van der Waals surface area contributed by atoms with Crippen molar-refractivity contribution >= 4 is 29.8 Å². The zero-order chi connectivity index (χ0) is 53.4. The molecule has 74 heavy (non-hydrogen) atoms. The first kappa shape index (κ1) is 57.3. The van der Waals surface area contributed by atoms with Crippen molar-refractivity contribution in [3.05, 3.63) is 77.4 Å². The highest BCUT2D eigenvalue weighted by Gasteiger charge is 2.77. The summed E-state index contributed by atoms with van der Waals surface area (Å²) in [4.78, 5) is 66.7. The lowest BCUT2D eigenvalue weighted by molar-refractivity contribution is -0.298. The summed E-state index contributed by atoms with van der Waals surface area (Å²) in [5.41, 5.74) is -0.228. The zero-order valence-electron chi connectivity index (χ0n) is 43.7. The van der Waals surface area contributed by atoms with Gasteiger partial charge in [-0.25, -0.2) is 0 Å². The van der Waals surface area contributed by atoms with Gasteiger partial charge < -0.3 is 64.2 Å². The highest BCUT2D eigenvalue weighted by atomic mass is 16.8. The molecule has 13 atom stereocenters. The number of amides is 2. The molecule has 5 aliphatic rings. The van der Waals surface area contributed by atoms with Crippen molar-refractivity contribution in [2.24, 2.45) is 5.41 Å². The van der Waals surface area contributed by atoms with E-state index in [-0.39, 0.29) is 38.8 Å². The van der Waals surface area contributed by atoms with Gasteiger partial charge in [0.15, 0.2) is 18.1 Å². The van der Waals surface area contributed by atoms with Gasteiger partial charge >= 0.3 is 11.9 Å². The summed E-state index contributed by atoms with van der Waals surface area (Å²) in [6.07, 6.45) is -0.464. The van der Waals surface area contributed by atoms with Crippen molar-refractivity contribution in [1.29, 1.82) is 0 Å². The van der Waals surface area contributed by atoms with E-state index >= 15 is 4.79 Å². The van der Waals surface area contributed by atoms with Crippen LogP contribution in [0.5, 0.6) is 0 Å². The van der Waals surface area contributed by atoms with Crippen molar-refractivity contribution in [2.45, 2.75) is 203 Å². The van der Waals surface area contributed by atoms with Crippen molar-refractivity contribution in [2.75, 3.05) is 26.9 Å². The largest absolute Gasteiger partial charge is 0.460 e. The summed E-state index contributed by atoms with van der Waals surface area (Å²) in [5, 5.41) is 55.5. The molecule has 4 aliphatic heterocycles. The van der Waals surface area contributed by atoms with Crippen LogP contribution < -0.4 is 5.32 Å². The third-order valence-corrected chi connectivity index (χ3v) is 14.9. The first-order valence-corrected chi connectivity index (χ1v) is 26.5. The van der Waals surface area contributed by atoms with Crippen LogP contribution in [0, 0.1) is 5.41 Å². The Morgan fingerprint density at radius 2 is 1.59 bits per heavy atom. The van der Waals surface area contributed by atoms with E-state index in [4.69, 9.17) is 33.3 Å². The number of likely N-dealkylation sites (N-methyl/N-ethyl adjacent to an activating group) is 1. The smallest absolute Gasteiger partial charge is 0.327 e. The highest BCUT2D eigenvalue weighted by molar-refractivity contribution is 5.96. The van der Waals surface area contributed by atoms with E-state index in [2.05, 4.69) is 19.2 Å². The number of unbranched alkanes of at least 4 members (excludes halogenated alkanes) is 4. The Morgan fingerprint density at radius 3 is 2.26 bits per heavy atom. The summed E-state index contributed by atoms with van der Waals surface area (Å²) in [5.74, 6) is -3.29. The minimum absolute atomic E-state index is 0.00605. The molecule has 0 radical (unpaired) electrons. The second-order valence-corrected chi connectivity index (χ2v) is 21.5. The number of aliphatic hydroxyl groups is 5. The van der Waals surface area contributed by atoms with Gasteiger partial charge in [-0.1, -0.05) is 106 Å². The number of aliphatic hydroxyl groups excluding tert-OH is 5. The summed E-state index contributed by atoms with van der Waals surface area (Å²) in [6, 6.07) is 13.3. The number of hydrogen-bond acceptors (Lipinski definition) is 17. The van der Waals surface area contributed by atoms with Crippen LogP contribution >= 0.6 is 0 Å². The van der Waals surface area contributed by atoms with Crippen molar-refractivity contribution < 1.29 is 78.0 Å². The van der Waals surface area contributed by atoms with E-state index in [9.17, 15) is 39.9 Å². The molecule has 2 aromatic rings. The van der Waals surface area contributed by atoms with Gasteiger partial charge in [0.05, 0.1) is 32.4 Å². The second-order valence-electron chi connectivity index (χ2n) is 21.5. The molecule has 19 heteroatoms. The Balaban J connectivity index is 1.21. The van der Waals surface area contributed by atoms with Crippen LogP contribution in [0.15, 0.2) is 60.7 Å². The molecule has 0 aromatic heterocycles. The van der Waals surface area contributed by atoms with Crippen molar-refractivity contribution in [3.8, 4) is 0 Å². The van der Waals surface area contributed by atoms with Crippen LogP contribution in [0.25, 0.3) is 6.08 Å². The molecular formula is C55H79N3O16. The average molecular weight is 1040 g/mol. The molecule has 0 spiro atoms. The van der Waals surface area contributed by atoms with E-state index in [1.807, 2.05) is 54.6 Å². The number of benzene rings is 2. The molecule has 4 heterocycles.